The predicted molar refractivity (Wildman–Crippen MR) is 175 cm³/mol. The lowest BCUT2D eigenvalue weighted by atomic mass is 10.0. The van der Waals surface area contributed by atoms with E-state index in [1.54, 1.807) is 20.8 Å². The topological polar surface area (TPSA) is 160 Å². The second kappa shape index (κ2) is 14.7. The molecule has 2 unspecified atom stereocenters. The van der Waals surface area contributed by atoms with Gasteiger partial charge in [-0.1, -0.05) is 65.8 Å². The summed E-state index contributed by atoms with van der Waals surface area (Å²) in [6, 6.07) is 17.0. The predicted octanol–water partition coefficient (Wildman–Crippen LogP) is 3.45. The van der Waals surface area contributed by atoms with Crippen molar-refractivity contribution in [3.8, 4) is 0 Å². The summed E-state index contributed by atoms with van der Waals surface area (Å²) in [5.41, 5.74) is 2.12. The van der Waals surface area contributed by atoms with Crippen LogP contribution >= 0.6 is 22.9 Å². The van der Waals surface area contributed by atoms with Gasteiger partial charge in [0.2, 0.25) is 12.0 Å². The third-order valence-corrected chi connectivity index (χ3v) is 9.49. The highest BCUT2D eigenvalue weighted by Crippen LogP contribution is 2.39. The maximum Gasteiger partial charge on any atom is 0.356 e. The molecule has 3 atom stereocenters. The van der Waals surface area contributed by atoms with Gasteiger partial charge in [-0.25, -0.2) is 14.6 Å². The molecule has 1 saturated heterocycles. The van der Waals surface area contributed by atoms with Crippen LogP contribution in [-0.4, -0.2) is 79.2 Å². The van der Waals surface area contributed by atoms with Gasteiger partial charge in [0.05, 0.1) is 11.4 Å². The third-order valence-electron chi connectivity index (χ3n) is 6.92. The zero-order valence-electron chi connectivity index (χ0n) is 25.6. The van der Waals surface area contributed by atoms with Crippen molar-refractivity contribution in [1.29, 1.82) is 0 Å². The summed E-state index contributed by atoms with van der Waals surface area (Å²) in [6.45, 7) is 4.50. The molecule has 3 heterocycles. The Morgan fingerprint density at radius 1 is 1.13 bits per heavy atom. The molecule has 1 aromatic heterocycles. The third kappa shape index (κ3) is 7.84. The van der Waals surface area contributed by atoms with Crippen molar-refractivity contribution in [3.05, 3.63) is 99.6 Å². The summed E-state index contributed by atoms with van der Waals surface area (Å²) in [5, 5.41) is 6.81. The van der Waals surface area contributed by atoms with Crippen molar-refractivity contribution in [2.75, 3.05) is 18.2 Å². The van der Waals surface area contributed by atoms with Gasteiger partial charge in [-0.3, -0.25) is 14.5 Å². The van der Waals surface area contributed by atoms with Crippen LogP contribution in [0.2, 0.25) is 0 Å². The van der Waals surface area contributed by atoms with Gasteiger partial charge in [0.25, 0.3) is 11.8 Å². The van der Waals surface area contributed by atoms with E-state index in [0.717, 1.165) is 4.90 Å². The van der Waals surface area contributed by atoms with Gasteiger partial charge in [-0.15, -0.1) is 22.9 Å². The van der Waals surface area contributed by atoms with Crippen LogP contribution in [0.3, 0.4) is 0 Å². The van der Waals surface area contributed by atoms with E-state index < -0.39 is 64.7 Å². The number of carbonyl (C=O) groups is 4. The second-order valence-electron chi connectivity index (χ2n) is 11.4. The number of fused-ring (bicyclic) bond motifs is 1. The molecule has 0 radical (unpaired) electrons. The van der Waals surface area contributed by atoms with Crippen LogP contribution < -0.4 is 5.32 Å². The lowest BCUT2D eigenvalue weighted by Crippen LogP contribution is -2.75. The molecule has 0 aliphatic carbocycles. The van der Waals surface area contributed by atoms with Crippen LogP contribution in [0.25, 0.3) is 0 Å². The Bertz CT molecular complexity index is 1640. The number of ether oxygens (including phenoxy) is 2. The zero-order valence-corrected chi connectivity index (χ0v) is 28.0. The summed E-state index contributed by atoms with van der Waals surface area (Å²) in [6.07, 6.45) is -0.802. The quantitative estimate of drug-likeness (QED) is 0.0790. The fourth-order valence-corrected chi connectivity index (χ4v) is 7.51. The average molecular weight is 699 g/mol. The number of amides is 2. The lowest BCUT2D eigenvalue weighted by molar-refractivity contribution is -0.160. The second-order valence-corrected chi connectivity index (χ2v) is 14.0. The number of alkyl halides is 1. The van der Waals surface area contributed by atoms with Crippen LogP contribution in [0.5, 0.6) is 0 Å². The van der Waals surface area contributed by atoms with Crippen LogP contribution in [0.4, 0.5) is 0 Å². The average Bonchev–Trinajstić information content (AvgIpc) is 3.58. The molecule has 3 aromatic rings. The van der Waals surface area contributed by atoms with Gasteiger partial charge in [0.15, 0.2) is 17.9 Å². The Morgan fingerprint density at radius 3 is 2.32 bits per heavy atom. The molecule has 1 N–H and O–H groups in total. The van der Waals surface area contributed by atoms with Crippen molar-refractivity contribution in [3.63, 3.8) is 0 Å². The Hall–Kier alpha value is -4.24. The van der Waals surface area contributed by atoms with Gasteiger partial charge in [0, 0.05) is 11.0 Å². The first kappa shape index (κ1) is 34.1. The monoisotopic (exact) mass is 698 g/mol. The molecule has 2 aromatic carbocycles. The number of esters is 2. The SMILES string of the molecule is CC(C)(C)OC(=O)CO/N=C(\C(=O)NC1C(=O)N2C(C(=O)OC(c3ccccc3)c3ccccc3)=C(CCl)C[S+]([O-])[C@H]12)c1cscn1. The summed E-state index contributed by atoms with van der Waals surface area (Å²) in [5.74, 6) is -3.35. The minimum absolute atomic E-state index is 0.106. The summed E-state index contributed by atoms with van der Waals surface area (Å²) < 4.78 is 24.6. The van der Waals surface area contributed by atoms with Crippen molar-refractivity contribution in [1.82, 2.24) is 15.2 Å². The smallest absolute Gasteiger partial charge is 0.356 e. The normalized spacial score (nSPS) is 19.5. The van der Waals surface area contributed by atoms with E-state index in [2.05, 4.69) is 15.5 Å². The molecule has 2 aliphatic rings. The van der Waals surface area contributed by atoms with E-state index in [9.17, 15) is 23.7 Å². The highest BCUT2D eigenvalue weighted by molar-refractivity contribution is 7.92. The summed E-state index contributed by atoms with van der Waals surface area (Å²) >= 11 is 5.65. The highest BCUT2D eigenvalue weighted by atomic mass is 35.5. The van der Waals surface area contributed by atoms with Crippen LogP contribution in [0, 0.1) is 0 Å². The number of aromatic nitrogens is 1. The molecule has 0 bridgehead atoms. The molecule has 47 heavy (non-hydrogen) atoms. The molecule has 2 amide bonds. The molecule has 2 aliphatic heterocycles. The molecular weight excluding hydrogens is 668 g/mol. The number of β-lactam (4-membered cyclic amide) rings is 1. The summed E-state index contributed by atoms with van der Waals surface area (Å²) in [7, 11) is 0. The number of rotatable bonds is 11. The van der Waals surface area contributed by atoms with Crippen LogP contribution in [-0.2, 0) is 44.7 Å². The number of halogens is 1. The van der Waals surface area contributed by atoms with Gasteiger partial charge in [0.1, 0.15) is 22.7 Å². The number of hydrogen-bond donors (Lipinski definition) is 1. The van der Waals surface area contributed by atoms with E-state index >= 15 is 0 Å². The molecule has 0 spiro atoms. The van der Waals surface area contributed by atoms with Gasteiger partial charge < -0.3 is 24.2 Å². The largest absolute Gasteiger partial charge is 0.614 e. The minimum atomic E-state index is -1.72. The fraction of sp³-hybridized carbons (Fsp3) is 0.312. The van der Waals surface area contributed by atoms with Crippen LogP contribution in [0.15, 0.2) is 88.0 Å². The first-order valence-electron chi connectivity index (χ1n) is 14.4. The number of nitrogens with zero attached hydrogens (tertiary/aromatic N) is 3. The van der Waals surface area contributed by atoms with Crippen molar-refractivity contribution in [2.45, 2.75) is 43.9 Å². The Balaban J connectivity index is 1.35. The highest BCUT2D eigenvalue weighted by Gasteiger charge is 2.61. The number of carbonyl (C=O) groups excluding carboxylic acids is 4. The number of hydrogen-bond acceptors (Lipinski definition) is 11. The maximum atomic E-state index is 13.8. The molecular formula is C32H31ClN4O8S2. The Labute approximate surface area is 282 Å². The molecule has 1 fully saturated rings. The number of oxime groups is 1. The van der Waals surface area contributed by atoms with E-state index in [0.29, 0.717) is 11.1 Å². The zero-order chi connectivity index (χ0) is 33.7. The van der Waals surface area contributed by atoms with Crippen molar-refractivity contribution < 1.29 is 38.0 Å². The first-order valence-corrected chi connectivity index (χ1v) is 17.2. The summed E-state index contributed by atoms with van der Waals surface area (Å²) in [4.78, 5) is 63.1. The molecule has 246 valence electrons. The van der Waals surface area contributed by atoms with E-state index in [1.165, 1.54) is 22.2 Å². The van der Waals surface area contributed by atoms with E-state index in [4.69, 9.17) is 25.9 Å². The lowest BCUT2D eigenvalue weighted by Gasteiger charge is -2.49. The maximum absolute atomic E-state index is 13.8. The fourth-order valence-electron chi connectivity index (χ4n) is 4.96. The molecule has 12 nitrogen and oxygen atoms in total. The van der Waals surface area contributed by atoms with Crippen molar-refractivity contribution in [2.24, 2.45) is 5.16 Å². The van der Waals surface area contributed by atoms with Gasteiger partial charge in [-0.2, -0.15) is 0 Å². The molecule has 0 saturated carbocycles. The standard InChI is InChI=1S/C32H31ClN4O8S2/c1-32(2,3)45-23(38)15-43-36-24(22-16-46-18-34-22)28(39)35-25-29(40)37-26(21(14-33)17-47(42)30(25)37)31(41)44-27(19-10-6-4-7-11-19)20-12-8-5-9-13-20/h4-13,16,18,25,27,30H,14-15,17H2,1-3H3,(H,35,39)/b36-24-/t25?,30-,47?/m1/s1. The number of benzene rings is 2. The van der Waals surface area contributed by atoms with Crippen molar-refractivity contribution >= 4 is 63.6 Å². The van der Waals surface area contributed by atoms with Crippen LogP contribution in [0.1, 0.15) is 43.7 Å². The van der Waals surface area contributed by atoms with Gasteiger partial charge >= 0.3 is 11.9 Å². The van der Waals surface area contributed by atoms with Gasteiger partial charge in [-0.05, 0) is 43.1 Å². The number of nitrogens with one attached hydrogen (secondary N) is 1. The first-order chi connectivity index (χ1) is 22.5. The molecule has 5 rings (SSSR count). The Morgan fingerprint density at radius 2 is 1.77 bits per heavy atom. The number of thiazole rings is 1. The molecule has 15 heteroatoms. The Kier molecular flexibility index (Phi) is 10.6. The minimum Gasteiger partial charge on any atom is -0.614 e. The van der Waals surface area contributed by atoms with E-state index in [1.807, 2.05) is 60.7 Å². The van der Waals surface area contributed by atoms with E-state index in [-0.39, 0.29) is 34.3 Å².